The highest BCUT2D eigenvalue weighted by Gasteiger charge is 2.59. The smallest absolute Gasteiger partial charge is 0.410 e. The van der Waals surface area contributed by atoms with Crippen LogP contribution >= 0.6 is 0 Å². The van der Waals surface area contributed by atoms with Crippen molar-refractivity contribution in [2.75, 3.05) is 39.4 Å². The van der Waals surface area contributed by atoms with Crippen LogP contribution in [0.25, 0.3) is 0 Å². The van der Waals surface area contributed by atoms with Crippen LogP contribution in [-0.2, 0) is 15.4 Å². The Bertz CT molecular complexity index is 1180. The number of amides is 2. The number of nitrogens with zero attached hydrogens (tertiary/aromatic N) is 4. The number of ether oxygens (including phenoxy) is 2. The van der Waals surface area contributed by atoms with E-state index in [1.54, 1.807) is 32.9 Å². The highest BCUT2D eigenvalue weighted by Crippen LogP contribution is 2.50. The highest BCUT2D eigenvalue weighted by atomic mass is 19.3. The van der Waals surface area contributed by atoms with Crippen LogP contribution in [0.5, 0.6) is 0 Å². The zero-order chi connectivity index (χ0) is 27.3. The molecule has 3 fully saturated rings. The van der Waals surface area contributed by atoms with Crippen molar-refractivity contribution in [1.82, 2.24) is 20.0 Å². The molecule has 3 aliphatic rings. The van der Waals surface area contributed by atoms with Gasteiger partial charge in [0.15, 0.2) is 0 Å². The number of aromatic nitrogens is 2. The molecule has 0 aliphatic carbocycles. The molecule has 1 N–H and O–H groups in total. The van der Waals surface area contributed by atoms with Crippen molar-refractivity contribution < 1.29 is 37.4 Å². The molecule has 5 rings (SSSR count). The Balaban J connectivity index is 1.34. The van der Waals surface area contributed by atoms with E-state index in [4.69, 9.17) is 13.9 Å². The molecule has 2 aromatic rings. The van der Waals surface area contributed by atoms with Crippen molar-refractivity contribution in [3.8, 4) is 0 Å². The molecule has 3 aliphatic heterocycles. The van der Waals surface area contributed by atoms with Gasteiger partial charge in [0.2, 0.25) is 5.89 Å². The third-order valence-corrected chi connectivity index (χ3v) is 7.55. The number of benzene rings is 1. The van der Waals surface area contributed by atoms with E-state index in [-0.39, 0.29) is 43.6 Å². The first-order chi connectivity index (χ1) is 17.9. The molecule has 10 nitrogen and oxygen atoms in total. The first-order valence-electron chi connectivity index (χ1n) is 12.7. The van der Waals surface area contributed by atoms with E-state index in [0.29, 0.717) is 13.2 Å². The van der Waals surface area contributed by atoms with Crippen molar-refractivity contribution in [3.63, 3.8) is 0 Å². The summed E-state index contributed by atoms with van der Waals surface area (Å²) in [5.41, 5.74) is -0.686. The number of hydrogen-bond acceptors (Lipinski definition) is 7. The van der Waals surface area contributed by atoms with E-state index in [1.807, 2.05) is 0 Å². The molecule has 4 heterocycles. The Labute approximate surface area is 218 Å². The molecule has 38 heavy (non-hydrogen) atoms. The van der Waals surface area contributed by atoms with E-state index in [9.17, 15) is 14.7 Å². The molecule has 1 unspecified atom stereocenters. The van der Waals surface area contributed by atoms with Gasteiger partial charge in [-0.2, -0.15) is 8.78 Å². The maximum Gasteiger partial charge on any atom is 0.410 e. The fourth-order valence-corrected chi connectivity index (χ4v) is 5.57. The normalized spacial score (nSPS) is 22.0. The first kappa shape index (κ1) is 26.3. The zero-order valence-electron chi connectivity index (χ0n) is 21.7. The molecule has 2 amide bonds. The number of rotatable bonds is 4. The quantitative estimate of drug-likeness (QED) is 0.613. The number of carbonyl (C=O) groups is 2. The summed E-state index contributed by atoms with van der Waals surface area (Å²) in [5, 5.41) is 17.2. The van der Waals surface area contributed by atoms with Crippen LogP contribution in [0.15, 0.2) is 28.7 Å². The summed E-state index contributed by atoms with van der Waals surface area (Å²) < 4.78 is 47.1. The van der Waals surface area contributed by atoms with Crippen molar-refractivity contribution in [3.05, 3.63) is 47.2 Å². The summed E-state index contributed by atoms with van der Waals surface area (Å²) >= 11 is 0. The summed E-state index contributed by atoms with van der Waals surface area (Å²) in [7, 11) is 0. The second kappa shape index (κ2) is 9.48. The summed E-state index contributed by atoms with van der Waals surface area (Å²) in [5.74, 6) is -4.80. The van der Waals surface area contributed by atoms with E-state index in [0.717, 1.165) is 18.4 Å². The minimum absolute atomic E-state index is 0.00446. The number of alkyl halides is 2. The predicted molar refractivity (Wildman–Crippen MR) is 129 cm³/mol. The third kappa shape index (κ3) is 4.93. The van der Waals surface area contributed by atoms with Crippen LogP contribution in [0.2, 0.25) is 0 Å². The first-order valence-corrected chi connectivity index (χ1v) is 12.7. The van der Waals surface area contributed by atoms with Gasteiger partial charge in [0.1, 0.15) is 5.60 Å². The third-order valence-electron chi connectivity index (χ3n) is 7.55. The molecule has 0 bridgehead atoms. The molecule has 1 aromatic carbocycles. The molecular formula is C26H32F2N4O6. The van der Waals surface area contributed by atoms with Gasteiger partial charge in [0, 0.05) is 50.4 Å². The van der Waals surface area contributed by atoms with Crippen molar-refractivity contribution in [2.45, 2.75) is 57.0 Å². The van der Waals surface area contributed by atoms with Crippen molar-refractivity contribution in [1.29, 1.82) is 0 Å². The highest BCUT2D eigenvalue weighted by molar-refractivity contribution is 5.70. The summed E-state index contributed by atoms with van der Waals surface area (Å²) in [6.45, 7) is 7.08. The lowest BCUT2D eigenvalue weighted by molar-refractivity contribution is -0.0383. The molecule has 0 saturated carbocycles. The van der Waals surface area contributed by atoms with Crippen LogP contribution in [0, 0.1) is 5.41 Å². The van der Waals surface area contributed by atoms with E-state index in [1.165, 1.54) is 21.9 Å². The second-order valence-corrected chi connectivity index (χ2v) is 11.4. The predicted octanol–water partition coefficient (Wildman–Crippen LogP) is 4.42. The lowest BCUT2D eigenvalue weighted by atomic mass is 9.71. The average molecular weight is 535 g/mol. The lowest BCUT2D eigenvalue weighted by Crippen LogP contribution is -2.62. The lowest BCUT2D eigenvalue weighted by Gasteiger charge is -2.49. The minimum atomic E-state index is -3.53. The number of halogens is 2. The zero-order valence-corrected chi connectivity index (χ0v) is 21.7. The largest absolute Gasteiger partial charge is 0.465 e. The molecule has 1 atom stereocenters. The standard InChI is InChI=1S/C26H32F2N4O6/c1-24(2,3)38-23(35)32-14-25(15-32)13-31(22(33)34)12-19(25)20-29-30-21(37-20)26(27,28)18-6-4-16(5-7-18)17-8-10-36-11-9-17/h4-7,17,19H,8-15H2,1-3H3,(H,33,34). The SMILES string of the molecule is CC(C)(C)OC(=O)N1CC2(CN(C(=O)O)CC2c2nnc(C(F)(F)c3ccc(C4CCOCC4)cc3)o2)C1. The topological polar surface area (TPSA) is 118 Å². The molecule has 206 valence electrons. The van der Waals surface area contributed by atoms with Gasteiger partial charge in [-0.3, -0.25) is 0 Å². The Morgan fingerprint density at radius 2 is 1.68 bits per heavy atom. The van der Waals surface area contributed by atoms with Gasteiger partial charge in [-0.25, -0.2) is 9.59 Å². The monoisotopic (exact) mass is 534 g/mol. The van der Waals surface area contributed by atoms with Crippen LogP contribution in [0.4, 0.5) is 18.4 Å². The van der Waals surface area contributed by atoms with Gasteiger partial charge in [0.25, 0.3) is 5.89 Å². The molecule has 1 aromatic heterocycles. The molecule has 12 heteroatoms. The van der Waals surface area contributed by atoms with Crippen molar-refractivity contribution in [2.24, 2.45) is 5.41 Å². The second-order valence-electron chi connectivity index (χ2n) is 11.4. The van der Waals surface area contributed by atoms with Crippen LogP contribution in [0.1, 0.15) is 68.4 Å². The van der Waals surface area contributed by atoms with Gasteiger partial charge in [0.05, 0.1) is 5.92 Å². The minimum Gasteiger partial charge on any atom is -0.465 e. The van der Waals surface area contributed by atoms with Gasteiger partial charge in [-0.05, 0) is 45.1 Å². The van der Waals surface area contributed by atoms with Crippen molar-refractivity contribution >= 4 is 12.2 Å². The molecule has 0 radical (unpaired) electrons. The summed E-state index contributed by atoms with van der Waals surface area (Å²) in [6, 6.07) is 6.16. The number of likely N-dealkylation sites (tertiary alicyclic amines) is 2. The summed E-state index contributed by atoms with van der Waals surface area (Å²) in [6.07, 6.45) is 0.0461. The molecule has 1 spiro atoms. The number of carboxylic acid groups (broad SMARTS) is 1. The fraction of sp³-hybridized carbons (Fsp3) is 0.615. The van der Waals surface area contributed by atoms with Gasteiger partial charge >= 0.3 is 18.1 Å². The maximum atomic E-state index is 15.4. The van der Waals surface area contributed by atoms with Crippen LogP contribution in [-0.4, -0.2) is 82.3 Å². The number of hydrogen-bond donors (Lipinski definition) is 1. The fourth-order valence-electron chi connectivity index (χ4n) is 5.57. The Morgan fingerprint density at radius 3 is 2.29 bits per heavy atom. The Morgan fingerprint density at radius 1 is 1.05 bits per heavy atom. The van der Waals surface area contributed by atoms with Crippen LogP contribution in [0.3, 0.4) is 0 Å². The number of carbonyl (C=O) groups excluding carboxylic acids is 1. The maximum absolute atomic E-state index is 15.4. The Hall–Kier alpha value is -3.28. The van der Waals surface area contributed by atoms with Crippen LogP contribution < -0.4 is 0 Å². The summed E-state index contributed by atoms with van der Waals surface area (Å²) in [4.78, 5) is 26.9. The Kier molecular flexibility index (Phi) is 6.57. The van der Waals surface area contributed by atoms with Gasteiger partial charge < -0.3 is 28.8 Å². The molecular weight excluding hydrogens is 502 g/mol. The van der Waals surface area contributed by atoms with E-state index >= 15 is 8.78 Å². The average Bonchev–Trinajstić information content (AvgIpc) is 3.49. The van der Waals surface area contributed by atoms with E-state index < -0.39 is 40.9 Å². The van der Waals surface area contributed by atoms with E-state index in [2.05, 4.69) is 10.2 Å². The molecule has 3 saturated heterocycles. The van der Waals surface area contributed by atoms with Gasteiger partial charge in [-0.1, -0.05) is 24.3 Å². The van der Waals surface area contributed by atoms with Gasteiger partial charge in [-0.15, -0.1) is 10.2 Å².